The molecule has 0 spiro atoms. The fourth-order valence-electron chi connectivity index (χ4n) is 1.67. The lowest BCUT2D eigenvalue weighted by Crippen LogP contribution is -2.20. The molecule has 1 rings (SSSR count). The first-order valence-corrected chi connectivity index (χ1v) is 7.68. The lowest BCUT2D eigenvalue weighted by Gasteiger charge is -2.15. The maximum absolute atomic E-state index is 12.0. The summed E-state index contributed by atoms with van der Waals surface area (Å²) in [6, 6.07) is 6.14. The summed E-state index contributed by atoms with van der Waals surface area (Å²) < 4.78 is 61.7. The topological polar surface area (TPSA) is 72.2 Å². The number of rotatable bonds is 6. The third kappa shape index (κ3) is 5.79. The van der Waals surface area contributed by atoms with Crippen LogP contribution >= 0.6 is 0 Å². The van der Waals surface area contributed by atoms with Crippen molar-refractivity contribution in [3.63, 3.8) is 0 Å². The van der Waals surface area contributed by atoms with Gasteiger partial charge in [0.2, 0.25) is 10.0 Å². The van der Waals surface area contributed by atoms with Gasteiger partial charge in [-0.3, -0.25) is 4.72 Å². The fourth-order valence-corrected chi connectivity index (χ4v) is 2.82. The second-order valence-electron chi connectivity index (χ2n) is 4.52. The van der Waals surface area contributed by atoms with Crippen LogP contribution in [0, 0.1) is 0 Å². The summed E-state index contributed by atoms with van der Waals surface area (Å²) in [6.45, 7) is 1.69. The van der Waals surface area contributed by atoms with E-state index in [-0.39, 0.29) is 6.04 Å². The third-order valence-electron chi connectivity index (χ3n) is 2.59. The molecule has 0 bridgehead atoms. The van der Waals surface area contributed by atoms with Crippen molar-refractivity contribution in [1.82, 2.24) is 0 Å². The predicted molar refractivity (Wildman–Crippen MR) is 71.7 cm³/mol. The van der Waals surface area contributed by atoms with Gasteiger partial charge in [-0.2, -0.15) is 13.2 Å². The Balaban J connectivity index is 2.72. The number of nitrogens with two attached hydrogens (primary N) is 1. The monoisotopic (exact) mass is 310 g/mol. The lowest BCUT2D eigenvalue weighted by molar-refractivity contribution is -0.134. The maximum Gasteiger partial charge on any atom is 0.389 e. The molecule has 8 heteroatoms. The number of benzene rings is 1. The molecule has 114 valence electrons. The van der Waals surface area contributed by atoms with E-state index in [1.54, 1.807) is 25.1 Å². The van der Waals surface area contributed by atoms with Crippen LogP contribution in [0.5, 0.6) is 0 Å². The number of halogens is 3. The maximum atomic E-state index is 12.0. The number of sulfonamides is 1. The molecule has 1 atom stereocenters. The fraction of sp³-hybridized carbons (Fsp3) is 0.500. The van der Waals surface area contributed by atoms with E-state index in [1.807, 2.05) is 0 Å². The summed E-state index contributed by atoms with van der Waals surface area (Å²) in [7, 11) is -3.82. The summed E-state index contributed by atoms with van der Waals surface area (Å²) in [6.07, 6.45) is -5.94. The zero-order valence-electron chi connectivity index (χ0n) is 10.9. The first-order chi connectivity index (χ1) is 9.11. The van der Waals surface area contributed by atoms with Gasteiger partial charge in [-0.1, -0.05) is 18.2 Å². The van der Waals surface area contributed by atoms with E-state index in [9.17, 15) is 21.6 Å². The van der Waals surface area contributed by atoms with Gasteiger partial charge in [0.1, 0.15) is 0 Å². The molecule has 0 aliphatic rings. The van der Waals surface area contributed by atoms with Crippen LogP contribution in [-0.2, 0) is 10.0 Å². The van der Waals surface area contributed by atoms with Crippen molar-refractivity contribution in [2.45, 2.75) is 32.0 Å². The van der Waals surface area contributed by atoms with Gasteiger partial charge in [0, 0.05) is 12.5 Å². The number of alkyl halides is 3. The second kappa shape index (κ2) is 6.45. The minimum Gasteiger partial charge on any atom is -0.324 e. The number of hydrogen-bond donors (Lipinski definition) is 2. The molecular weight excluding hydrogens is 293 g/mol. The van der Waals surface area contributed by atoms with Crippen LogP contribution in [0.2, 0.25) is 0 Å². The third-order valence-corrected chi connectivity index (χ3v) is 3.95. The number of hydrogen-bond acceptors (Lipinski definition) is 3. The van der Waals surface area contributed by atoms with Crippen LogP contribution in [0.25, 0.3) is 0 Å². The van der Waals surface area contributed by atoms with Crippen molar-refractivity contribution in [3.05, 3.63) is 29.8 Å². The molecular formula is C12H17F3N2O2S. The Morgan fingerprint density at radius 3 is 2.45 bits per heavy atom. The quantitative estimate of drug-likeness (QED) is 0.848. The van der Waals surface area contributed by atoms with Gasteiger partial charge < -0.3 is 5.73 Å². The van der Waals surface area contributed by atoms with Crippen LogP contribution in [0.15, 0.2) is 24.3 Å². The van der Waals surface area contributed by atoms with Crippen molar-refractivity contribution >= 4 is 15.7 Å². The Morgan fingerprint density at radius 2 is 1.90 bits per heavy atom. The number of para-hydroxylation sites is 1. The molecule has 20 heavy (non-hydrogen) atoms. The van der Waals surface area contributed by atoms with E-state index in [0.29, 0.717) is 11.3 Å². The highest BCUT2D eigenvalue weighted by atomic mass is 32.2. The molecule has 0 saturated heterocycles. The number of nitrogens with one attached hydrogen (secondary N) is 1. The SMILES string of the molecule is CC(N)c1ccccc1NS(=O)(=O)CCCC(F)(F)F. The molecule has 0 saturated carbocycles. The molecule has 0 aromatic heterocycles. The van der Waals surface area contributed by atoms with Gasteiger partial charge >= 0.3 is 6.18 Å². The molecule has 0 aliphatic heterocycles. The zero-order chi connectivity index (χ0) is 15.4. The summed E-state index contributed by atoms with van der Waals surface area (Å²) in [5, 5.41) is 0. The summed E-state index contributed by atoms with van der Waals surface area (Å²) >= 11 is 0. The van der Waals surface area contributed by atoms with Crippen molar-refractivity contribution in [3.8, 4) is 0 Å². The van der Waals surface area contributed by atoms with Gasteiger partial charge in [-0.15, -0.1) is 0 Å². The Bertz CT molecular complexity index is 542. The normalized spacial score (nSPS) is 14.1. The molecule has 1 aromatic rings. The minimum absolute atomic E-state index is 0.300. The van der Waals surface area contributed by atoms with Crippen LogP contribution in [0.1, 0.15) is 31.4 Å². The average Bonchev–Trinajstić information content (AvgIpc) is 2.26. The Kier molecular flexibility index (Phi) is 5.41. The van der Waals surface area contributed by atoms with Crippen LogP contribution in [0.4, 0.5) is 18.9 Å². The molecule has 4 nitrogen and oxygen atoms in total. The standard InChI is InChI=1S/C12H17F3N2O2S/c1-9(16)10-5-2-3-6-11(10)17-20(18,19)8-4-7-12(13,14)15/h2-3,5-6,9,17H,4,7-8,16H2,1H3. The van der Waals surface area contributed by atoms with E-state index in [1.165, 1.54) is 6.07 Å². The zero-order valence-corrected chi connectivity index (χ0v) is 11.8. The van der Waals surface area contributed by atoms with Crippen molar-refractivity contribution < 1.29 is 21.6 Å². The molecule has 0 aliphatic carbocycles. The van der Waals surface area contributed by atoms with Gasteiger partial charge in [0.15, 0.2) is 0 Å². The van der Waals surface area contributed by atoms with Gasteiger partial charge in [-0.25, -0.2) is 8.42 Å². The van der Waals surface area contributed by atoms with Gasteiger partial charge in [0.05, 0.1) is 11.4 Å². The molecule has 0 heterocycles. The molecule has 0 radical (unpaired) electrons. The van der Waals surface area contributed by atoms with Crippen molar-refractivity contribution in [2.24, 2.45) is 5.73 Å². The molecule has 0 fully saturated rings. The van der Waals surface area contributed by atoms with Crippen LogP contribution in [-0.4, -0.2) is 20.3 Å². The van der Waals surface area contributed by atoms with E-state index < -0.39 is 34.8 Å². The summed E-state index contributed by atoms with van der Waals surface area (Å²) in [5.74, 6) is -0.584. The Labute approximate surface area is 116 Å². The lowest BCUT2D eigenvalue weighted by atomic mass is 10.1. The van der Waals surface area contributed by atoms with Crippen LogP contribution in [0.3, 0.4) is 0 Å². The van der Waals surface area contributed by atoms with Crippen molar-refractivity contribution in [1.29, 1.82) is 0 Å². The molecule has 3 N–H and O–H groups in total. The summed E-state index contributed by atoms with van der Waals surface area (Å²) in [5.41, 5.74) is 6.60. The first kappa shape index (κ1) is 16.8. The predicted octanol–water partition coefficient (Wildman–Crippen LogP) is 2.79. The Morgan fingerprint density at radius 1 is 1.30 bits per heavy atom. The summed E-state index contributed by atoms with van der Waals surface area (Å²) in [4.78, 5) is 0. The molecule has 0 amide bonds. The molecule has 1 unspecified atom stereocenters. The highest BCUT2D eigenvalue weighted by Crippen LogP contribution is 2.24. The second-order valence-corrected chi connectivity index (χ2v) is 6.36. The number of anilines is 1. The Hall–Kier alpha value is -1.28. The van der Waals surface area contributed by atoms with E-state index in [2.05, 4.69) is 4.72 Å². The first-order valence-electron chi connectivity index (χ1n) is 6.02. The van der Waals surface area contributed by atoms with Crippen LogP contribution < -0.4 is 10.5 Å². The van der Waals surface area contributed by atoms with E-state index in [0.717, 1.165) is 0 Å². The minimum atomic E-state index is -4.35. The van der Waals surface area contributed by atoms with E-state index >= 15 is 0 Å². The van der Waals surface area contributed by atoms with Crippen molar-refractivity contribution in [2.75, 3.05) is 10.5 Å². The highest BCUT2D eigenvalue weighted by Gasteiger charge is 2.27. The van der Waals surface area contributed by atoms with E-state index in [4.69, 9.17) is 5.73 Å². The highest BCUT2D eigenvalue weighted by molar-refractivity contribution is 7.92. The molecule has 1 aromatic carbocycles. The smallest absolute Gasteiger partial charge is 0.324 e. The van der Waals surface area contributed by atoms with Gasteiger partial charge in [0.25, 0.3) is 0 Å². The largest absolute Gasteiger partial charge is 0.389 e. The van der Waals surface area contributed by atoms with Gasteiger partial charge in [-0.05, 0) is 25.0 Å². The average molecular weight is 310 g/mol.